The number of ether oxygens (including phenoxy) is 1. The van der Waals surface area contributed by atoms with E-state index in [-0.39, 0.29) is 18.2 Å². The molecule has 1 N–H and O–H groups in total. The molecule has 1 aromatic heterocycles. The van der Waals surface area contributed by atoms with Gasteiger partial charge in [-0.1, -0.05) is 42.5 Å². The third-order valence-corrected chi connectivity index (χ3v) is 6.94. The Morgan fingerprint density at radius 3 is 2.82 bits per heavy atom. The van der Waals surface area contributed by atoms with Gasteiger partial charge >= 0.3 is 0 Å². The fourth-order valence-electron chi connectivity index (χ4n) is 4.26. The molecule has 8 heteroatoms. The first-order chi connectivity index (χ1) is 16.1. The molecule has 1 atom stereocenters. The fraction of sp³-hybridized carbons (Fsp3) is 0.320. The molecular weight excluding hydrogens is 436 g/mol. The molecule has 0 unspecified atom stereocenters. The van der Waals surface area contributed by atoms with E-state index < -0.39 is 6.10 Å². The van der Waals surface area contributed by atoms with Gasteiger partial charge in [0.25, 0.3) is 5.91 Å². The molecule has 2 aliphatic rings. The van der Waals surface area contributed by atoms with Crippen LogP contribution in [0.3, 0.4) is 0 Å². The number of hydrogen-bond acceptors (Lipinski definition) is 6. The Bertz CT molecular complexity index is 1160. The molecule has 5 rings (SSSR count). The largest absolute Gasteiger partial charge is 0.479 e. The lowest BCUT2D eigenvalue weighted by Crippen LogP contribution is -2.45. The zero-order valence-corrected chi connectivity index (χ0v) is 19.3. The number of thiazole rings is 1. The van der Waals surface area contributed by atoms with Crippen molar-refractivity contribution in [2.45, 2.75) is 39.0 Å². The molecule has 7 nitrogen and oxygen atoms in total. The van der Waals surface area contributed by atoms with Gasteiger partial charge < -0.3 is 15.0 Å². The van der Waals surface area contributed by atoms with Crippen molar-refractivity contribution in [3.63, 3.8) is 0 Å². The average Bonchev–Trinajstić information content (AvgIpc) is 3.21. The van der Waals surface area contributed by atoms with Crippen molar-refractivity contribution in [1.29, 1.82) is 0 Å². The van der Waals surface area contributed by atoms with Crippen LogP contribution in [-0.2, 0) is 29.1 Å². The highest BCUT2D eigenvalue weighted by molar-refractivity contribution is 7.15. The number of hydrogen-bond donors (Lipinski definition) is 1. The topological polar surface area (TPSA) is 74.8 Å². The summed E-state index contributed by atoms with van der Waals surface area (Å²) in [7, 11) is 0. The van der Waals surface area contributed by atoms with Crippen molar-refractivity contribution in [2.24, 2.45) is 0 Å². The fourth-order valence-corrected chi connectivity index (χ4v) is 5.33. The van der Waals surface area contributed by atoms with Crippen LogP contribution in [0.5, 0.6) is 5.75 Å². The van der Waals surface area contributed by atoms with Crippen LogP contribution < -0.4 is 15.0 Å². The SMILES string of the molecule is C[C@H]1Oc2ccccc2N(CCC(=O)Nc2nc3c(s2)CN(Cc2ccccc2)CC3)C1=O. The molecule has 0 radical (unpaired) electrons. The summed E-state index contributed by atoms with van der Waals surface area (Å²) >= 11 is 1.54. The highest BCUT2D eigenvalue weighted by Gasteiger charge is 2.31. The lowest BCUT2D eigenvalue weighted by Gasteiger charge is -2.32. The minimum absolute atomic E-state index is 0.135. The minimum atomic E-state index is -0.563. The number of aromatic nitrogens is 1. The van der Waals surface area contributed by atoms with Crippen molar-refractivity contribution >= 4 is 34.0 Å². The van der Waals surface area contributed by atoms with Gasteiger partial charge in [-0.2, -0.15) is 0 Å². The number of amides is 2. The maximum atomic E-state index is 12.6. The van der Waals surface area contributed by atoms with Crippen LogP contribution in [0.15, 0.2) is 54.6 Å². The normalized spacial score (nSPS) is 17.8. The number of nitrogens with zero attached hydrogens (tertiary/aromatic N) is 3. The molecule has 33 heavy (non-hydrogen) atoms. The second kappa shape index (κ2) is 9.33. The number of carbonyl (C=O) groups is 2. The van der Waals surface area contributed by atoms with Gasteiger partial charge in [0.2, 0.25) is 5.91 Å². The number of fused-ring (bicyclic) bond motifs is 2. The first kappa shape index (κ1) is 21.6. The standard InChI is InChI=1S/C25H26N4O3S/c1-17-24(31)29(20-9-5-6-10-21(20)32-17)14-12-23(30)27-25-26-19-11-13-28(16-22(19)33-25)15-18-7-3-2-4-8-18/h2-10,17H,11-16H2,1H3,(H,26,27,30)/t17-/m1/s1. The molecule has 3 heterocycles. The van der Waals surface area contributed by atoms with E-state index in [0.717, 1.165) is 31.7 Å². The Kier molecular flexibility index (Phi) is 6.11. The number of anilines is 2. The van der Waals surface area contributed by atoms with Crippen molar-refractivity contribution < 1.29 is 14.3 Å². The smallest absolute Gasteiger partial charge is 0.267 e. The van der Waals surface area contributed by atoms with Crippen molar-refractivity contribution in [2.75, 3.05) is 23.3 Å². The highest BCUT2D eigenvalue weighted by atomic mass is 32.1. The summed E-state index contributed by atoms with van der Waals surface area (Å²) in [6.45, 7) is 4.73. The first-order valence-electron chi connectivity index (χ1n) is 11.2. The Labute approximate surface area is 197 Å². The number of rotatable bonds is 6. The second-order valence-electron chi connectivity index (χ2n) is 8.35. The van der Waals surface area contributed by atoms with Crippen LogP contribution in [0.25, 0.3) is 0 Å². The molecule has 0 saturated carbocycles. The first-order valence-corrected chi connectivity index (χ1v) is 12.0. The van der Waals surface area contributed by atoms with E-state index in [1.807, 2.05) is 30.3 Å². The Balaban J connectivity index is 1.18. The third-order valence-electron chi connectivity index (χ3n) is 5.94. The zero-order valence-electron chi connectivity index (χ0n) is 18.5. The van der Waals surface area contributed by atoms with Crippen LogP contribution in [0.1, 0.15) is 29.5 Å². The molecule has 0 aliphatic carbocycles. The summed E-state index contributed by atoms with van der Waals surface area (Å²) in [6.07, 6.45) is 0.510. The molecule has 0 bridgehead atoms. The molecule has 2 amide bonds. The quantitative estimate of drug-likeness (QED) is 0.602. The summed E-state index contributed by atoms with van der Waals surface area (Å²) < 4.78 is 5.67. The lowest BCUT2D eigenvalue weighted by molar-refractivity contribution is -0.125. The van der Waals surface area contributed by atoms with E-state index in [9.17, 15) is 9.59 Å². The van der Waals surface area contributed by atoms with Gasteiger partial charge in [0, 0.05) is 43.9 Å². The predicted molar refractivity (Wildman–Crippen MR) is 129 cm³/mol. The van der Waals surface area contributed by atoms with Crippen LogP contribution in [0, 0.1) is 0 Å². The molecule has 0 spiro atoms. The second-order valence-corrected chi connectivity index (χ2v) is 9.43. The maximum absolute atomic E-state index is 12.6. The monoisotopic (exact) mass is 462 g/mol. The Hall–Kier alpha value is -3.23. The summed E-state index contributed by atoms with van der Waals surface area (Å²) in [4.78, 5) is 35.2. The zero-order chi connectivity index (χ0) is 22.8. The lowest BCUT2D eigenvalue weighted by atomic mass is 10.1. The number of carbonyl (C=O) groups excluding carboxylic acids is 2. The van der Waals surface area contributed by atoms with Gasteiger partial charge in [-0.3, -0.25) is 14.5 Å². The van der Waals surface area contributed by atoms with E-state index in [1.54, 1.807) is 23.2 Å². The summed E-state index contributed by atoms with van der Waals surface area (Å²) in [6, 6.07) is 17.9. The molecule has 2 aromatic carbocycles. The molecule has 0 fully saturated rings. The Morgan fingerprint density at radius 2 is 1.97 bits per heavy atom. The predicted octanol–water partition coefficient (Wildman–Crippen LogP) is 3.84. The molecular formula is C25H26N4O3S. The molecule has 0 saturated heterocycles. The minimum Gasteiger partial charge on any atom is -0.479 e. The summed E-state index contributed by atoms with van der Waals surface area (Å²) in [5, 5.41) is 3.57. The highest BCUT2D eigenvalue weighted by Crippen LogP contribution is 2.34. The van der Waals surface area contributed by atoms with E-state index in [2.05, 4.69) is 39.5 Å². The summed E-state index contributed by atoms with van der Waals surface area (Å²) in [5.41, 5.74) is 3.08. The van der Waals surface area contributed by atoms with Gasteiger partial charge in [0.15, 0.2) is 11.2 Å². The van der Waals surface area contributed by atoms with E-state index in [0.29, 0.717) is 23.1 Å². The van der Waals surface area contributed by atoms with Gasteiger partial charge in [-0.15, -0.1) is 11.3 Å². The molecule has 2 aliphatic heterocycles. The van der Waals surface area contributed by atoms with Crippen LogP contribution >= 0.6 is 11.3 Å². The van der Waals surface area contributed by atoms with Crippen molar-refractivity contribution in [3.05, 3.63) is 70.7 Å². The number of nitrogens with one attached hydrogen (secondary N) is 1. The van der Waals surface area contributed by atoms with E-state index in [4.69, 9.17) is 4.74 Å². The van der Waals surface area contributed by atoms with Crippen molar-refractivity contribution in [3.8, 4) is 5.75 Å². The van der Waals surface area contributed by atoms with Crippen LogP contribution in [-0.4, -0.2) is 40.9 Å². The van der Waals surface area contributed by atoms with Gasteiger partial charge in [-0.05, 0) is 24.6 Å². The van der Waals surface area contributed by atoms with Gasteiger partial charge in [0.1, 0.15) is 5.75 Å². The van der Waals surface area contributed by atoms with Gasteiger partial charge in [0.05, 0.1) is 11.4 Å². The van der Waals surface area contributed by atoms with E-state index >= 15 is 0 Å². The van der Waals surface area contributed by atoms with E-state index in [1.165, 1.54) is 10.4 Å². The maximum Gasteiger partial charge on any atom is 0.267 e. The number of para-hydroxylation sites is 2. The van der Waals surface area contributed by atoms with Crippen LogP contribution in [0.2, 0.25) is 0 Å². The van der Waals surface area contributed by atoms with Crippen molar-refractivity contribution in [1.82, 2.24) is 9.88 Å². The molecule has 170 valence electrons. The summed E-state index contributed by atoms with van der Waals surface area (Å²) in [5.74, 6) is 0.383. The molecule has 3 aromatic rings. The average molecular weight is 463 g/mol. The van der Waals surface area contributed by atoms with Crippen LogP contribution in [0.4, 0.5) is 10.8 Å². The van der Waals surface area contributed by atoms with Gasteiger partial charge in [-0.25, -0.2) is 4.98 Å². The Morgan fingerprint density at radius 1 is 1.18 bits per heavy atom. The number of benzene rings is 2. The third kappa shape index (κ3) is 4.77.